The number of nitrogens with zero attached hydrogens (tertiary/aromatic N) is 5. The molecule has 36 heavy (non-hydrogen) atoms. The van der Waals surface area contributed by atoms with Crippen LogP contribution in [0.5, 0.6) is 5.75 Å². The van der Waals surface area contributed by atoms with Crippen molar-refractivity contribution >= 4 is 42.6 Å². The zero-order valence-corrected chi connectivity index (χ0v) is 21.7. The fourth-order valence-corrected chi connectivity index (χ4v) is 6.37. The van der Waals surface area contributed by atoms with E-state index in [4.69, 9.17) is 9.72 Å². The molecular formula is C25H27N5O4S2. The Morgan fingerprint density at radius 3 is 2.61 bits per heavy atom. The molecule has 0 atom stereocenters. The van der Waals surface area contributed by atoms with Crippen molar-refractivity contribution in [1.82, 2.24) is 19.1 Å². The summed E-state index contributed by atoms with van der Waals surface area (Å²) < 4.78 is 35.5. The summed E-state index contributed by atoms with van der Waals surface area (Å²) in [5.41, 5.74) is 1.09. The number of amides is 1. The van der Waals surface area contributed by atoms with Gasteiger partial charge in [-0.25, -0.2) is 13.4 Å². The van der Waals surface area contributed by atoms with E-state index in [1.165, 1.54) is 27.8 Å². The molecule has 1 amide bonds. The van der Waals surface area contributed by atoms with Gasteiger partial charge in [-0.15, -0.1) is 0 Å². The molecule has 1 saturated carbocycles. The first-order valence-corrected chi connectivity index (χ1v) is 14.0. The Kier molecular flexibility index (Phi) is 6.78. The van der Waals surface area contributed by atoms with Gasteiger partial charge in [-0.3, -0.25) is 14.4 Å². The van der Waals surface area contributed by atoms with Crippen molar-refractivity contribution in [3.8, 4) is 5.75 Å². The van der Waals surface area contributed by atoms with Crippen LogP contribution in [0.3, 0.4) is 0 Å². The van der Waals surface area contributed by atoms with E-state index < -0.39 is 10.0 Å². The molecule has 2 heterocycles. The monoisotopic (exact) mass is 525 g/mol. The number of hydrogen-bond donors (Lipinski definition) is 0. The summed E-state index contributed by atoms with van der Waals surface area (Å²) >= 11 is 1.41. The Morgan fingerprint density at radius 2 is 1.94 bits per heavy atom. The van der Waals surface area contributed by atoms with Gasteiger partial charge in [-0.05, 0) is 62.2 Å². The maximum Gasteiger partial charge on any atom is 0.260 e. The minimum atomic E-state index is -3.59. The van der Waals surface area contributed by atoms with Gasteiger partial charge in [0.25, 0.3) is 5.91 Å². The number of hydrogen-bond acceptors (Lipinski definition) is 7. The van der Waals surface area contributed by atoms with E-state index in [9.17, 15) is 13.2 Å². The highest BCUT2D eigenvalue weighted by molar-refractivity contribution is 7.89. The number of carbonyl (C=O) groups is 1. The van der Waals surface area contributed by atoms with Gasteiger partial charge in [0.1, 0.15) is 11.3 Å². The Hall–Kier alpha value is -3.28. The van der Waals surface area contributed by atoms with E-state index in [-0.39, 0.29) is 16.8 Å². The topological polar surface area (TPSA) is 97.6 Å². The molecule has 0 unspecified atom stereocenters. The standard InChI is InChI=1S/C25H27N5O4S2/c1-3-34-21-6-4-7-22-23(21)27-25(35-22)30(17-16-29-15-5-14-26-29)24(31)18-8-12-20(13-9-18)36(32,33)28(2)19-10-11-19/h4-9,12-15,19H,3,10-11,16-17H2,1-2H3. The molecule has 11 heteroatoms. The third kappa shape index (κ3) is 4.86. The number of carbonyl (C=O) groups excluding carboxylic acids is 1. The molecule has 0 saturated heterocycles. The molecule has 0 N–H and O–H groups in total. The third-order valence-electron chi connectivity index (χ3n) is 6.10. The number of fused-ring (bicyclic) bond motifs is 1. The van der Waals surface area contributed by atoms with Crippen LogP contribution in [0, 0.1) is 0 Å². The van der Waals surface area contributed by atoms with E-state index in [0.717, 1.165) is 17.5 Å². The average molecular weight is 526 g/mol. The molecule has 0 bridgehead atoms. The van der Waals surface area contributed by atoms with Gasteiger partial charge in [0.05, 0.1) is 22.7 Å². The van der Waals surface area contributed by atoms with E-state index in [1.54, 1.807) is 35.0 Å². The second kappa shape index (κ2) is 10.00. The van der Waals surface area contributed by atoms with Crippen LogP contribution < -0.4 is 9.64 Å². The van der Waals surface area contributed by atoms with Crippen LogP contribution in [0.15, 0.2) is 65.8 Å². The molecule has 0 aliphatic heterocycles. The summed E-state index contributed by atoms with van der Waals surface area (Å²) in [5.74, 6) is 0.407. The van der Waals surface area contributed by atoms with Crippen LogP contribution in [0.25, 0.3) is 10.2 Å². The molecule has 0 radical (unpaired) electrons. The Balaban J connectivity index is 1.46. The maximum absolute atomic E-state index is 13.7. The predicted octanol–water partition coefficient (Wildman–Crippen LogP) is 4.02. The summed E-state index contributed by atoms with van der Waals surface area (Å²) in [6.07, 6.45) is 5.29. The van der Waals surface area contributed by atoms with Crippen molar-refractivity contribution in [2.75, 3.05) is 25.1 Å². The predicted molar refractivity (Wildman–Crippen MR) is 139 cm³/mol. The van der Waals surface area contributed by atoms with Gasteiger partial charge in [-0.2, -0.15) is 9.40 Å². The highest BCUT2D eigenvalue weighted by Crippen LogP contribution is 2.35. The van der Waals surface area contributed by atoms with Crippen LogP contribution >= 0.6 is 11.3 Å². The second-order valence-electron chi connectivity index (χ2n) is 8.54. The number of thiazole rings is 1. The number of anilines is 1. The second-order valence-corrected chi connectivity index (χ2v) is 11.5. The van der Waals surface area contributed by atoms with Gasteiger partial charge in [0.15, 0.2) is 5.13 Å². The smallest absolute Gasteiger partial charge is 0.260 e. The molecule has 0 spiro atoms. The van der Waals surface area contributed by atoms with Crippen molar-refractivity contribution in [3.05, 3.63) is 66.5 Å². The lowest BCUT2D eigenvalue weighted by Crippen LogP contribution is -2.34. The van der Waals surface area contributed by atoms with Crippen LogP contribution in [-0.2, 0) is 16.6 Å². The van der Waals surface area contributed by atoms with Crippen LogP contribution in [0.2, 0.25) is 0 Å². The van der Waals surface area contributed by atoms with Gasteiger partial charge in [0, 0.05) is 37.6 Å². The van der Waals surface area contributed by atoms with E-state index in [1.807, 2.05) is 37.4 Å². The molecule has 188 valence electrons. The van der Waals surface area contributed by atoms with Crippen LogP contribution in [0.4, 0.5) is 5.13 Å². The van der Waals surface area contributed by atoms with Gasteiger partial charge in [0.2, 0.25) is 10.0 Å². The molecule has 1 aliphatic rings. The van der Waals surface area contributed by atoms with Gasteiger partial charge < -0.3 is 4.74 Å². The van der Waals surface area contributed by atoms with Crippen molar-refractivity contribution in [2.24, 2.45) is 0 Å². The molecule has 1 fully saturated rings. The maximum atomic E-state index is 13.7. The minimum Gasteiger partial charge on any atom is -0.492 e. The largest absolute Gasteiger partial charge is 0.492 e. The van der Waals surface area contributed by atoms with Gasteiger partial charge >= 0.3 is 0 Å². The lowest BCUT2D eigenvalue weighted by Gasteiger charge is -2.20. The number of sulfonamides is 1. The Labute approximate surface area is 214 Å². The summed E-state index contributed by atoms with van der Waals surface area (Å²) in [5, 5.41) is 4.78. The van der Waals surface area contributed by atoms with Gasteiger partial charge in [-0.1, -0.05) is 17.4 Å². The summed E-state index contributed by atoms with van der Waals surface area (Å²) in [6, 6.07) is 13.7. The normalized spacial score (nSPS) is 13.9. The average Bonchev–Trinajstić information content (AvgIpc) is 3.41. The highest BCUT2D eigenvalue weighted by atomic mass is 32.2. The lowest BCUT2D eigenvalue weighted by molar-refractivity contribution is 0.0985. The highest BCUT2D eigenvalue weighted by Gasteiger charge is 2.35. The summed E-state index contributed by atoms with van der Waals surface area (Å²) in [4.78, 5) is 20.2. The first kappa shape index (κ1) is 24.4. The minimum absolute atomic E-state index is 0.0645. The molecule has 2 aromatic carbocycles. The number of ether oxygens (including phenoxy) is 1. The Bertz CT molecular complexity index is 1460. The van der Waals surface area contributed by atoms with Crippen molar-refractivity contribution in [1.29, 1.82) is 0 Å². The number of rotatable bonds is 10. The number of aromatic nitrogens is 3. The van der Waals surface area contributed by atoms with E-state index in [0.29, 0.717) is 41.7 Å². The fourth-order valence-electron chi connectivity index (χ4n) is 3.94. The van der Waals surface area contributed by atoms with E-state index >= 15 is 0 Å². The molecular weight excluding hydrogens is 498 g/mol. The molecule has 1 aliphatic carbocycles. The number of benzene rings is 2. The summed E-state index contributed by atoms with van der Waals surface area (Å²) in [6.45, 7) is 3.25. The van der Waals surface area contributed by atoms with Crippen LogP contribution in [0.1, 0.15) is 30.1 Å². The zero-order valence-electron chi connectivity index (χ0n) is 20.1. The molecule has 5 rings (SSSR count). The SMILES string of the molecule is CCOc1cccc2sc(N(CCn3cccn3)C(=O)c3ccc(S(=O)(=O)N(C)C4CC4)cc3)nc12. The quantitative estimate of drug-likeness (QED) is 0.310. The number of para-hydroxylation sites is 1. The molecule has 9 nitrogen and oxygen atoms in total. The van der Waals surface area contributed by atoms with Crippen molar-refractivity contribution < 1.29 is 17.9 Å². The first-order chi connectivity index (χ1) is 17.4. The lowest BCUT2D eigenvalue weighted by atomic mass is 10.2. The fraction of sp³-hybridized carbons (Fsp3) is 0.320. The summed E-state index contributed by atoms with van der Waals surface area (Å²) in [7, 11) is -1.98. The van der Waals surface area contributed by atoms with Crippen molar-refractivity contribution in [3.63, 3.8) is 0 Å². The third-order valence-corrected chi connectivity index (χ3v) is 9.07. The first-order valence-electron chi connectivity index (χ1n) is 11.8. The Morgan fingerprint density at radius 1 is 1.17 bits per heavy atom. The zero-order chi connectivity index (χ0) is 25.3. The van der Waals surface area contributed by atoms with E-state index in [2.05, 4.69) is 5.10 Å². The van der Waals surface area contributed by atoms with Crippen molar-refractivity contribution in [2.45, 2.75) is 37.2 Å². The molecule has 2 aromatic heterocycles. The van der Waals surface area contributed by atoms with Crippen LogP contribution in [-0.4, -0.2) is 59.6 Å². The molecule has 4 aromatic rings.